The highest BCUT2D eigenvalue weighted by Gasteiger charge is 2.17. The van der Waals surface area contributed by atoms with E-state index in [-0.39, 0.29) is 22.5 Å². The lowest BCUT2D eigenvalue weighted by Gasteiger charge is -2.07. The fraction of sp³-hybridized carbons (Fsp3) is 0.0455. The van der Waals surface area contributed by atoms with Crippen LogP contribution in [0.3, 0.4) is 0 Å². The first-order chi connectivity index (χ1) is 14.0. The van der Waals surface area contributed by atoms with Crippen LogP contribution in [0.2, 0.25) is 0 Å². The molecule has 0 saturated heterocycles. The Labute approximate surface area is 163 Å². The first-order valence-corrected chi connectivity index (χ1v) is 8.57. The molecular formula is C22H14O7. The van der Waals surface area contributed by atoms with Crippen LogP contribution in [-0.4, -0.2) is 24.2 Å². The van der Waals surface area contributed by atoms with Crippen molar-refractivity contribution in [1.29, 1.82) is 0 Å². The highest BCUT2D eigenvalue weighted by molar-refractivity contribution is 5.93. The van der Waals surface area contributed by atoms with Gasteiger partial charge in [-0.1, -0.05) is 18.2 Å². The number of rotatable bonds is 4. The van der Waals surface area contributed by atoms with Crippen molar-refractivity contribution in [2.24, 2.45) is 0 Å². The van der Waals surface area contributed by atoms with Gasteiger partial charge in [-0.3, -0.25) is 4.79 Å². The van der Waals surface area contributed by atoms with Crippen molar-refractivity contribution < 1.29 is 28.3 Å². The van der Waals surface area contributed by atoms with Gasteiger partial charge in [0.05, 0.1) is 23.6 Å². The van der Waals surface area contributed by atoms with Gasteiger partial charge in [-0.15, -0.1) is 0 Å². The van der Waals surface area contributed by atoms with Crippen molar-refractivity contribution in [2.75, 3.05) is 7.11 Å². The summed E-state index contributed by atoms with van der Waals surface area (Å²) < 4.78 is 16.2. The van der Waals surface area contributed by atoms with Crippen LogP contribution in [0.4, 0.5) is 0 Å². The summed E-state index contributed by atoms with van der Waals surface area (Å²) in [5.74, 6) is -0.999. The number of furan rings is 1. The third-order valence-corrected chi connectivity index (χ3v) is 4.43. The van der Waals surface area contributed by atoms with Crippen molar-refractivity contribution in [2.45, 2.75) is 0 Å². The number of ether oxygens (including phenoxy) is 1. The summed E-state index contributed by atoms with van der Waals surface area (Å²) in [5.41, 5.74) is 1.22. The monoisotopic (exact) mass is 390 g/mol. The van der Waals surface area contributed by atoms with E-state index in [0.29, 0.717) is 27.9 Å². The number of aromatic carboxylic acids is 1. The van der Waals surface area contributed by atoms with Crippen LogP contribution in [0.15, 0.2) is 74.3 Å². The predicted octanol–water partition coefficient (Wildman–Crippen LogP) is 4.20. The zero-order chi connectivity index (χ0) is 20.5. The highest BCUT2D eigenvalue weighted by atomic mass is 16.5. The normalized spacial score (nSPS) is 10.8. The molecule has 0 aliphatic rings. The molecule has 29 heavy (non-hydrogen) atoms. The van der Waals surface area contributed by atoms with Crippen LogP contribution < -0.4 is 5.43 Å². The largest absolute Gasteiger partial charge is 0.478 e. The summed E-state index contributed by atoms with van der Waals surface area (Å²) >= 11 is 0. The number of benzene rings is 2. The summed E-state index contributed by atoms with van der Waals surface area (Å²) in [4.78, 5) is 35.3. The van der Waals surface area contributed by atoms with E-state index in [4.69, 9.17) is 13.9 Å². The number of carbonyl (C=O) groups is 2. The van der Waals surface area contributed by atoms with Crippen molar-refractivity contribution >= 4 is 22.9 Å². The number of para-hydroxylation sites is 1. The molecule has 4 aromatic rings. The Hall–Kier alpha value is -4.13. The lowest BCUT2D eigenvalue weighted by molar-refractivity contribution is 0.0565. The highest BCUT2D eigenvalue weighted by Crippen LogP contribution is 2.32. The molecule has 7 heteroatoms. The molecule has 0 aliphatic carbocycles. The van der Waals surface area contributed by atoms with Crippen LogP contribution in [-0.2, 0) is 4.74 Å². The molecule has 0 radical (unpaired) electrons. The molecule has 0 saturated carbocycles. The Bertz CT molecular complexity index is 1290. The molecule has 0 unspecified atom stereocenters. The van der Waals surface area contributed by atoms with E-state index in [0.717, 1.165) is 0 Å². The standard InChI is InChI=1S/C22H14O7/c1-27-22(26)18-10-9-17(28-18)15-4-2-3-14-16(23)11-19(29-20(14)15)12-5-7-13(8-6-12)21(24)25/h2-11H,1H3,(H,24,25). The second-order valence-corrected chi connectivity index (χ2v) is 6.20. The van der Waals surface area contributed by atoms with Gasteiger partial charge in [-0.25, -0.2) is 9.59 Å². The third kappa shape index (κ3) is 3.29. The van der Waals surface area contributed by atoms with E-state index < -0.39 is 11.9 Å². The minimum atomic E-state index is -1.04. The van der Waals surface area contributed by atoms with Gasteiger partial charge < -0.3 is 18.7 Å². The maximum Gasteiger partial charge on any atom is 0.373 e. The van der Waals surface area contributed by atoms with Gasteiger partial charge in [0.15, 0.2) is 5.43 Å². The molecule has 4 rings (SSSR count). The van der Waals surface area contributed by atoms with Gasteiger partial charge in [0.1, 0.15) is 17.1 Å². The van der Waals surface area contributed by atoms with Crippen molar-refractivity contribution in [3.8, 4) is 22.6 Å². The molecule has 0 amide bonds. The van der Waals surface area contributed by atoms with Gasteiger partial charge in [0, 0.05) is 11.6 Å². The smallest absolute Gasteiger partial charge is 0.373 e. The third-order valence-electron chi connectivity index (χ3n) is 4.43. The lowest BCUT2D eigenvalue weighted by atomic mass is 10.1. The molecule has 2 heterocycles. The SMILES string of the molecule is COC(=O)c1ccc(-c2cccc3c(=O)cc(-c4ccc(C(=O)O)cc4)oc23)o1. The maximum absolute atomic E-state index is 12.6. The number of carboxylic acids is 1. The summed E-state index contributed by atoms with van der Waals surface area (Å²) in [6, 6.07) is 15.5. The number of esters is 1. The Morgan fingerprint density at radius 1 is 0.931 bits per heavy atom. The number of hydrogen-bond donors (Lipinski definition) is 1. The second kappa shape index (κ2) is 7.12. The molecule has 7 nitrogen and oxygen atoms in total. The van der Waals surface area contributed by atoms with Crippen molar-refractivity contribution in [3.05, 3.63) is 82.2 Å². The maximum atomic E-state index is 12.6. The molecule has 0 bridgehead atoms. The van der Waals surface area contributed by atoms with Gasteiger partial charge in [-0.05, 0) is 36.4 Å². The number of hydrogen-bond acceptors (Lipinski definition) is 6. The molecule has 2 aromatic heterocycles. The first-order valence-electron chi connectivity index (χ1n) is 8.57. The fourth-order valence-electron chi connectivity index (χ4n) is 2.98. The van der Waals surface area contributed by atoms with E-state index in [1.54, 1.807) is 36.4 Å². The molecule has 0 aliphatic heterocycles. The van der Waals surface area contributed by atoms with Gasteiger partial charge >= 0.3 is 11.9 Å². The van der Waals surface area contributed by atoms with Crippen LogP contribution >= 0.6 is 0 Å². The lowest BCUT2D eigenvalue weighted by Crippen LogP contribution is -2.01. The quantitative estimate of drug-likeness (QED) is 0.520. The van der Waals surface area contributed by atoms with E-state index in [1.807, 2.05) is 0 Å². The van der Waals surface area contributed by atoms with Gasteiger partial charge in [-0.2, -0.15) is 0 Å². The Morgan fingerprint density at radius 3 is 2.38 bits per heavy atom. The number of fused-ring (bicyclic) bond motifs is 1. The van der Waals surface area contributed by atoms with E-state index in [1.165, 1.54) is 31.4 Å². The molecule has 0 atom stereocenters. The van der Waals surface area contributed by atoms with Crippen LogP contribution in [0.1, 0.15) is 20.9 Å². The van der Waals surface area contributed by atoms with Gasteiger partial charge in [0.25, 0.3) is 0 Å². The topological polar surface area (TPSA) is 107 Å². The van der Waals surface area contributed by atoms with Crippen LogP contribution in [0.5, 0.6) is 0 Å². The van der Waals surface area contributed by atoms with Gasteiger partial charge in [0.2, 0.25) is 5.76 Å². The molecule has 2 aromatic carbocycles. The molecule has 144 valence electrons. The molecule has 1 N–H and O–H groups in total. The summed E-state index contributed by atoms with van der Waals surface area (Å²) in [5, 5.41) is 9.39. The van der Waals surface area contributed by atoms with E-state index in [2.05, 4.69) is 4.74 Å². The summed E-state index contributed by atoms with van der Waals surface area (Å²) in [6.45, 7) is 0. The molecular weight excluding hydrogens is 376 g/mol. The zero-order valence-corrected chi connectivity index (χ0v) is 15.2. The average Bonchev–Trinajstić information content (AvgIpc) is 3.23. The summed E-state index contributed by atoms with van der Waals surface area (Å²) in [7, 11) is 1.25. The van der Waals surface area contributed by atoms with E-state index >= 15 is 0 Å². The molecule has 0 fully saturated rings. The fourth-order valence-corrected chi connectivity index (χ4v) is 2.98. The van der Waals surface area contributed by atoms with Crippen molar-refractivity contribution in [3.63, 3.8) is 0 Å². The summed E-state index contributed by atoms with van der Waals surface area (Å²) in [6.07, 6.45) is 0. The Kier molecular flexibility index (Phi) is 4.48. The molecule has 0 spiro atoms. The number of methoxy groups -OCH3 is 1. The van der Waals surface area contributed by atoms with Crippen molar-refractivity contribution in [1.82, 2.24) is 0 Å². The van der Waals surface area contributed by atoms with Crippen LogP contribution in [0.25, 0.3) is 33.6 Å². The number of carboxylic acid groups (broad SMARTS) is 1. The average molecular weight is 390 g/mol. The first kappa shape index (κ1) is 18.2. The predicted molar refractivity (Wildman–Crippen MR) is 104 cm³/mol. The zero-order valence-electron chi connectivity index (χ0n) is 15.2. The van der Waals surface area contributed by atoms with E-state index in [9.17, 15) is 14.4 Å². The number of carbonyl (C=O) groups excluding carboxylic acids is 1. The van der Waals surface area contributed by atoms with Crippen LogP contribution in [0, 0.1) is 0 Å². The minimum Gasteiger partial charge on any atom is -0.478 e. The second-order valence-electron chi connectivity index (χ2n) is 6.20. The Balaban J connectivity index is 1.87. The Morgan fingerprint density at radius 2 is 1.69 bits per heavy atom. The minimum absolute atomic E-state index is 0.0299.